The predicted molar refractivity (Wildman–Crippen MR) is 73.3 cm³/mol. The van der Waals surface area contributed by atoms with Crippen LogP contribution in [0.1, 0.15) is 32.7 Å². The quantitative estimate of drug-likeness (QED) is 0.817. The summed E-state index contributed by atoms with van der Waals surface area (Å²) in [6, 6.07) is 4.75. The van der Waals surface area contributed by atoms with Gasteiger partial charge in [0.15, 0.2) is 5.78 Å². The first-order valence-corrected chi connectivity index (χ1v) is 7.02. The molecule has 102 valence electrons. The van der Waals surface area contributed by atoms with Crippen LogP contribution in [0.3, 0.4) is 0 Å². The highest BCUT2D eigenvalue weighted by atomic mass is 35.5. The van der Waals surface area contributed by atoms with Crippen molar-refractivity contribution in [2.45, 2.75) is 11.8 Å². The number of hydrogen-bond donors (Lipinski definition) is 2. The minimum atomic E-state index is -0.976. The molecule has 5 heteroatoms. The lowest BCUT2D eigenvalue weighted by atomic mass is 9.78. The maximum absolute atomic E-state index is 12.2. The van der Waals surface area contributed by atoms with Gasteiger partial charge in [-0.15, -0.1) is 11.6 Å². The van der Waals surface area contributed by atoms with Gasteiger partial charge in [-0.3, -0.25) is 4.79 Å². The standard InChI is InChI=1S/C15H12ClNO3/c16-6-14-5-15(14)10-3-8(13(19)20)1-2-9(10)11(18)4-12(15)17-7-14/h1-4,17H,5-7H2,(H,19,20). The van der Waals surface area contributed by atoms with Crippen LogP contribution in [0.4, 0.5) is 0 Å². The van der Waals surface area contributed by atoms with Crippen LogP contribution in [-0.2, 0) is 5.41 Å². The molecule has 2 atom stereocenters. The SMILES string of the molecule is O=C(O)c1ccc2c(c1)C13CC1(CCl)CNC3=CC2=O. The molecule has 0 bridgehead atoms. The second-order valence-corrected chi connectivity index (χ2v) is 6.10. The number of alkyl halides is 1. The number of halogens is 1. The monoisotopic (exact) mass is 289 g/mol. The van der Waals surface area contributed by atoms with Crippen LogP contribution in [0.15, 0.2) is 30.0 Å². The summed E-state index contributed by atoms with van der Waals surface area (Å²) in [5.74, 6) is -0.541. The molecule has 1 aromatic rings. The molecule has 1 saturated heterocycles. The minimum absolute atomic E-state index is 0.0673. The van der Waals surface area contributed by atoms with E-state index in [0.717, 1.165) is 24.2 Å². The molecule has 1 heterocycles. The summed E-state index contributed by atoms with van der Waals surface area (Å²) in [5, 5.41) is 12.4. The number of carboxylic acids is 1. The molecule has 1 aromatic carbocycles. The molecule has 2 unspecified atom stereocenters. The van der Waals surface area contributed by atoms with Gasteiger partial charge >= 0.3 is 5.97 Å². The summed E-state index contributed by atoms with van der Waals surface area (Å²) in [4.78, 5) is 23.4. The Morgan fingerprint density at radius 1 is 1.45 bits per heavy atom. The molecule has 4 rings (SSSR count). The Morgan fingerprint density at radius 3 is 2.90 bits per heavy atom. The number of carbonyl (C=O) groups is 2. The van der Waals surface area contributed by atoms with Crippen molar-refractivity contribution < 1.29 is 14.7 Å². The maximum Gasteiger partial charge on any atom is 0.335 e. The van der Waals surface area contributed by atoms with E-state index in [1.807, 2.05) is 0 Å². The van der Waals surface area contributed by atoms with Crippen molar-refractivity contribution in [3.05, 3.63) is 46.7 Å². The van der Waals surface area contributed by atoms with E-state index in [9.17, 15) is 14.7 Å². The summed E-state index contributed by atoms with van der Waals surface area (Å²) >= 11 is 6.14. The first-order valence-electron chi connectivity index (χ1n) is 6.48. The van der Waals surface area contributed by atoms with E-state index >= 15 is 0 Å². The average molecular weight is 290 g/mol. The number of fused-ring (bicyclic) bond motifs is 1. The number of ketones is 1. The zero-order valence-electron chi connectivity index (χ0n) is 10.6. The van der Waals surface area contributed by atoms with Crippen molar-refractivity contribution in [1.82, 2.24) is 5.32 Å². The van der Waals surface area contributed by atoms with E-state index in [2.05, 4.69) is 5.32 Å². The van der Waals surface area contributed by atoms with Crippen molar-refractivity contribution in [1.29, 1.82) is 0 Å². The van der Waals surface area contributed by atoms with Gasteiger partial charge in [-0.05, 0) is 30.2 Å². The zero-order chi connectivity index (χ0) is 14.1. The summed E-state index contributed by atoms with van der Waals surface area (Å²) in [6.45, 7) is 0.742. The van der Waals surface area contributed by atoms with Crippen molar-refractivity contribution >= 4 is 23.4 Å². The van der Waals surface area contributed by atoms with Gasteiger partial charge < -0.3 is 10.4 Å². The summed E-state index contributed by atoms with van der Waals surface area (Å²) in [5.41, 5.74) is 2.20. The summed E-state index contributed by atoms with van der Waals surface area (Å²) in [7, 11) is 0. The summed E-state index contributed by atoms with van der Waals surface area (Å²) < 4.78 is 0. The molecule has 20 heavy (non-hydrogen) atoms. The molecule has 0 radical (unpaired) electrons. The van der Waals surface area contributed by atoms with Gasteiger partial charge in [0, 0.05) is 40.6 Å². The van der Waals surface area contributed by atoms with E-state index in [1.165, 1.54) is 6.07 Å². The number of carboxylic acid groups (broad SMARTS) is 1. The molecule has 1 aliphatic heterocycles. The largest absolute Gasteiger partial charge is 0.478 e. The van der Waals surface area contributed by atoms with Crippen LogP contribution in [-0.4, -0.2) is 29.3 Å². The fraction of sp³-hybridized carbons (Fsp3) is 0.333. The maximum atomic E-state index is 12.2. The molecule has 1 saturated carbocycles. The summed E-state index contributed by atoms with van der Waals surface area (Å²) in [6.07, 6.45) is 2.52. The Labute approximate surface area is 120 Å². The Morgan fingerprint density at radius 2 is 2.25 bits per heavy atom. The molecular formula is C15H12ClNO3. The Hall–Kier alpha value is -1.81. The van der Waals surface area contributed by atoms with E-state index in [-0.39, 0.29) is 22.2 Å². The molecule has 1 spiro atoms. The van der Waals surface area contributed by atoms with Gasteiger partial charge in [0.2, 0.25) is 0 Å². The third-order valence-corrected chi connectivity index (χ3v) is 5.50. The van der Waals surface area contributed by atoms with Crippen molar-refractivity contribution in [2.75, 3.05) is 12.4 Å². The Balaban J connectivity index is 1.97. The van der Waals surface area contributed by atoms with Gasteiger partial charge in [0.25, 0.3) is 0 Å². The van der Waals surface area contributed by atoms with Gasteiger partial charge in [0.05, 0.1) is 5.56 Å². The zero-order valence-corrected chi connectivity index (χ0v) is 11.3. The van der Waals surface area contributed by atoms with Crippen molar-refractivity contribution in [3.63, 3.8) is 0 Å². The van der Waals surface area contributed by atoms with E-state index in [0.29, 0.717) is 11.4 Å². The Kier molecular flexibility index (Phi) is 2.06. The van der Waals surface area contributed by atoms with E-state index in [4.69, 9.17) is 11.6 Å². The van der Waals surface area contributed by atoms with Crippen LogP contribution in [0.2, 0.25) is 0 Å². The topological polar surface area (TPSA) is 66.4 Å². The van der Waals surface area contributed by atoms with Crippen LogP contribution < -0.4 is 5.32 Å². The molecule has 2 fully saturated rings. The second-order valence-electron chi connectivity index (χ2n) is 5.84. The number of benzene rings is 1. The van der Waals surface area contributed by atoms with Crippen LogP contribution in [0.5, 0.6) is 0 Å². The third kappa shape index (κ3) is 1.14. The second kappa shape index (κ2) is 3.44. The van der Waals surface area contributed by atoms with Gasteiger partial charge in [-0.2, -0.15) is 0 Å². The molecule has 4 nitrogen and oxygen atoms in total. The average Bonchev–Trinajstić information content (AvgIpc) is 3.02. The Bertz CT molecular complexity index is 711. The smallest absolute Gasteiger partial charge is 0.335 e. The highest BCUT2D eigenvalue weighted by Crippen LogP contribution is 2.72. The van der Waals surface area contributed by atoms with Crippen molar-refractivity contribution in [2.24, 2.45) is 5.41 Å². The van der Waals surface area contributed by atoms with Crippen LogP contribution in [0.25, 0.3) is 0 Å². The molecule has 0 aromatic heterocycles. The first-order chi connectivity index (χ1) is 9.54. The van der Waals surface area contributed by atoms with Gasteiger partial charge in [-0.1, -0.05) is 0 Å². The number of carbonyl (C=O) groups excluding carboxylic acids is 1. The third-order valence-electron chi connectivity index (χ3n) is 4.98. The minimum Gasteiger partial charge on any atom is -0.478 e. The predicted octanol–water partition coefficient (Wildman–Crippen LogP) is 1.93. The highest BCUT2D eigenvalue weighted by Gasteiger charge is 2.74. The van der Waals surface area contributed by atoms with Crippen LogP contribution >= 0.6 is 11.6 Å². The lowest BCUT2D eigenvalue weighted by molar-refractivity contribution is 0.0696. The normalized spacial score (nSPS) is 32.6. The molecule has 0 amide bonds. The molecule has 2 aliphatic carbocycles. The fourth-order valence-corrected chi connectivity index (χ4v) is 4.25. The van der Waals surface area contributed by atoms with E-state index < -0.39 is 5.97 Å². The molecular weight excluding hydrogens is 278 g/mol. The molecule has 2 N–H and O–H groups in total. The number of nitrogens with one attached hydrogen (secondary N) is 1. The van der Waals surface area contributed by atoms with E-state index in [1.54, 1.807) is 18.2 Å². The van der Waals surface area contributed by atoms with Crippen molar-refractivity contribution in [3.8, 4) is 0 Å². The highest BCUT2D eigenvalue weighted by molar-refractivity contribution is 6.19. The fourth-order valence-electron chi connectivity index (χ4n) is 3.84. The first kappa shape index (κ1) is 12.0. The van der Waals surface area contributed by atoms with Crippen LogP contribution in [0, 0.1) is 5.41 Å². The number of allylic oxidation sites excluding steroid dienone is 2. The number of piperidine rings is 1. The molecule has 3 aliphatic rings. The number of rotatable bonds is 2. The lowest BCUT2D eigenvalue weighted by Gasteiger charge is -2.25. The number of aromatic carboxylic acids is 1. The van der Waals surface area contributed by atoms with Gasteiger partial charge in [0.1, 0.15) is 0 Å². The number of hydrogen-bond acceptors (Lipinski definition) is 3. The van der Waals surface area contributed by atoms with Gasteiger partial charge in [-0.25, -0.2) is 4.79 Å². The lowest BCUT2D eigenvalue weighted by Crippen LogP contribution is -2.26.